The molecule has 0 atom stereocenters. The number of primary amides is 1. The normalized spacial score (nSPS) is 10.0. The maximum Gasteiger partial charge on any atom is 0.316 e. The van der Waals surface area contributed by atoms with E-state index in [0.29, 0.717) is 17.1 Å². The lowest BCUT2D eigenvalue weighted by atomic mass is 10.2. The van der Waals surface area contributed by atoms with Crippen molar-refractivity contribution >= 4 is 35.1 Å². The first-order valence-electron chi connectivity index (χ1n) is 6.69. The second-order valence-electron chi connectivity index (χ2n) is 4.72. The molecule has 114 valence electrons. The van der Waals surface area contributed by atoms with Crippen LogP contribution in [0.2, 0.25) is 0 Å². The topological polar surface area (TPSA) is 84.2 Å². The number of urea groups is 1. The zero-order valence-corrected chi connectivity index (χ0v) is 12.9. The third kappa shape index (κ3) is 5.14. The van der Waals surface area contributed by atoms with Crippen molar-refractivity contribution in [3.63, 3.8) is 0 Å². The lowest BCUT2D eigenvalue weighted by Crippen LogP contribution is -2.19. The van der Waals surface area contributed by atoms with Gasteiger partial charge in [0.25, 0.3) is 0 Å². The van der Waals surface area contributed by atoms with Crippen molar-refractivity contribution in [1.29, 1.82) is 0 Å². The molecule has 0 saturated heterocycles. The molecular formula is C16H17N3O2S. The molecule has 6 heteroatoms. The zero-order chi connectivity index (χ0) is 15.9. The average molecular weight is 315 g/mol. The van der Waals surface area contributed by atoms with Gasteiger partial charge in [0.15, 0.2) is 0 Å². The first-order valence-corrected chi connectivity index (χ1v) is 7.67. The summed E-state index contributed by atoms with van der Waals surface area (Å²) in [5, 5.41) is 5.25. The van der Waals surface area contributed by atoms with Crippen LogP contribution in [0.25, 0.3) is 0 Å². The fourth-order valence-corrected chi connectivity index (χ4v) is 2.50. The maximum absolute atomic E-state index is 11.9. The summed E-state index contributed by atoms with van der Waals surface area (Å²) < 4.78 is 0. The molecule has 0 saturated carbocycles. The van der Waals surface area contributed by atoms with Crippen LogP contribution in [0.3, 0.4) is 0 Å². The van der Waals surface area contributed by atoms with Gasteiger partial charge in [0, 0.05) is 16.3 Å². The van der Waals surface area contributed by atoms with Crippen LogP contribution in [0.5, 0.6) is 0 Å². The molecule has 5 nitrogen and oxygen atoms in total. The van der Waals surface area contributed by atoms with E-state index in [1.54, 1.807) is 24.3 Å². The number of hydrogen-bond acceptors (Lipinski definition) is 3. The van der Waals surface area contributed by atoms with Crippen LogP contribution in [-0.2, 0) is 4.79 Å². The molecule has 0 aliphatic heterocycles. The van der Waals surface area contributed by atoms with Crippen molar-refractivity contribution in [3.8, 4) is 0 Å². The predicted molar refractivity (Wildman–Crippen MR) is 90.2 cm³/mol. The molecule has 0 aliphatic carbocycles. The molecule has 22 heavy (non-hydrogen) atoms. The van der Waals surface area contributed by atoms with E-state index in [1.165, 1.54) is 17.3 Å². The fraction of sp³-hybridized carbons (Fsp3) is 0.125. The molecule has 0 radical (unpaired) electrons. The highest BCUT2D eigenvalue weighted by molar-refractivity contribution is 8.00. The summed E-state index contributed by atoms with van der Waals surface area (Å²) >= 11 is 1.47. The van der Waals surface area contributed by atoms with Crippen molar-refractivity contribution < 1.29 is 9.59 Å². The van der Waals surface area contributed by atoms with E-state index in [0.717, 1.165) is 4.90 Å². The molecule has 2 rings (SSSR count). The molecule has 0 aliphatic rings. The highest BCUT2D eigenvalue weighted by atomic mass is 32.2. The third-order valence-corrected chi connectivity index (χ3v) is 3.82. The Balaban J connectivity index is 1.89. The van der Waals surface area contributed by atoms with Gasteiger partial charge in [-0.2, -0.15) is 0 Å². The fourth-order valence-electron chi connectivity index (χ4n) is 1.80. The number of amides is 3. The van der Waals surface area contributed by atoms with Crippen LogP contribution in [0.4, 0.5) is 16.2 Å². The highest BCUT2D eigenvalue weighted by Crippen LogP contribution is 2.19. The molecular weight excluding hydrogens is 298 g/mol. The van der Waals surface area contributed by atoms with E-state index in [-0.39, 0.29) is 5.91 Å². The van der Waals surface area contributed by atoms with Gasteiger partial charge in [0.05, 0.1) is 5.75 Å². The summed E-state index contributed by atoms with van der Waals surface area (Å²) in [5.74, 6) is 0.207. The van der Waals surface area contributed by atoms with Gasteiger partial charge < -0.3 is 16.4 Å². The summed E-state index contributed by atoms with van der Waals surface area (Å²) in [5.41, 5.74) is 7.40. The van der Waals surface area contributed by atoms with E-state index in [1.807, 2.05) is 31.2 Å². The average Bonchev–Trinajstić information content (AvgIpc) is 2.46. The first-order chi connectivity index (χ1) is 10.5. The van der Waals surface area contributed by atoms with Gasteiger partial charge >= 0.3 is 6.03 Å². The van der Waals surface area contributed by atoms with Crippen molar-refractivity contribution in [3.05, 3.63) is 54.1 Å². The Labute approximate surface area is 133 Å². The minimum Gasteiger partial charge on any atom is -0.351 e. The van der Waals surface area contributed by atoms with Crippen LogP contribution in [0, 0.1) is 6.92 Å². The predicted octanol–water partition coefficient (Wildman–Crippen LogP) is 3.22. The van der Waals surface area contributed by atoms with Crippen molar-refractivity contribution in [2.75, 3.05) is 16.4 Å². The van der Waals surface area contributed by atoms with E-state index >= 15 is 0 Å². The van der Waals surface area contributed by atoms with Gasteiger partial charge in [-0.1, -0.05) is 23.8 Å². The van der Waals surface area contributed by atoms with Gasteiger partial charge in [-0.15, -0.1) is 11.8 Å². The maximum atomic E-state index is 11.9. The number of anilines is 2. The van der Waals surface area contributed by atoms with Gasteiger partial charge in [0.1, 0.15) is 0 Å². The standard InChI is InChI=1S/C16H17N3O2S/c1-11-5-7-14(8-6-11)22-10-15(20)18-12-3-2-4-13(9-12)19-16(17)21/h2-9H,10H2,1H3,(H,18,20)(H3,17,19,21). The number of hydrogen-bond donors (Lipinski definition) is 3. The van der Waals surface area contributed by atoms with Gasteiger partial charge in [-0.05, 0) is 37.3 Å². The Morgan fingerprint density at radius 2 is 1.68 bits per heavy atom. The molecule has 4 N–H and O–H groups in total. The number of nitrogens with two attached hydrogens (primary N) is 1. The molecule has 0 heterocycles. The lowest BCUT2D eigenvalue weighted by molar-refractivity contribution is -0.113. The monoisotopic (exact) mass is 315 g/mol. The number of nitrogens with one attached hydrogen (secondary N) is 2. The van der Waals surface area contributed by atoms with Crippen molar-refractivity contribution in [2.24, 2.45) is 5.73 Å². The molecule has 0 aromatic heterocycles. The van der Waals surface area contributed by atoms with Gasteiger partial charge in [-0.25, -0.2) is 4.79 Å². The Hall–Kier alpha value is -2.47. The largest absolute Gasteiger partial charge is 0.351 e. The summed E-state index contributed by atoms with van der Waals surface area (Å²) in [4.78, 5) is 23.8. The third-order valence-electron chi connectivity index (χ3n) is 2.80. The number of thioether (sulfide) groups is 1. The summed E-state index contributed by atoms with van der Waals surface area (Å²) in [7, 11) is 0. The SMILES string of the molecule is Cc1ccc(SCC(=O)Nc2cccc(NC(N)=O)c2)cc1. The molecule has 2 aromatic carbocycles. The van der Waals surface area contributed by atoms with Crippen LogP contribution in [0.15, 0.2) is 53.4 Å². The number of aryl methyl sites for hydroxylation is 1. The number of benzene rings is 2. The summed E-state index contributed by atoms with van der Waals surface area (Å²) in [6.45, 7) is 2.02. The van der Waals surface area contributed by atoms with E-state index in [2.05, 4.69) is 10.6 Å². The Morgan fingerprint density at radius 3 is 2.32 bits per heavy atom. The number of carbonyl (C=O) groups is 2. The minimum atomic E-state index is -0.640. The quantitative estimate of drug-likeness (QED) is 0.741. The molecule has 0 unspecified atom stereocenters. The second kappa shape index (κ2) is 7.51. The molecule has 3 amide bonds. The van der Waals surface area contributed by atoms with Crippen LogP contribution in [0.1, 0.15) is 5.56 Å². The Morgan fingerprint density at radius 1 is 1.05 bits per heavy atom. The zero-order valence-electron chi connectivity index (χ0n) is 12.1. The number of rotatable bonds is 5. The Kier molecular flexibility index (Phi) is 5.43. The van der Waals surface area contributed by atoms with Crippen molar-refractivity contribution in [2.45, 2.75) is 11.8 Å². The van der Waals surface area contributed by atoms with E-state index < -0.39 is 6.03 Å². The van der Waals surface area contributed by atoms with Gasteiger partial charge in [-0.3, -0.25) is 4.79 Å². The first kappa shape index (κ1) is 15.9. The summed E-state index contributed by atoms with van der Waals surface area (Å²) in [6, 6.07) is 14.2. The minimum absolute atomic E-state index is 0.109. The summed E-state index contributed by atoms with van der Waals surface area (Å²) in [6.07, 6.45) is 0. The van der Waals surface area contributed by atoms with E-state index in [9.17, 15) is 9.59 Å². The number of carbonyl (C=O) groups excluding carboxylic acids is 2. The van der Waals surface area contributed by atoms with Crippen LogP contribution < -0.4 is 16.4 Å². The lowest BCUT2D eigenvalue weighted by Gasteiger charge is -2.07. The van der Waals surface area contributed by atoms with Crippen molar-refractivity contribution in [1.82, 2.24) is 0 Å². The second-order valence-corrected chi connectivity index (χ2v) is 5.77. The molecule has 0 fully saturated rings. The molecule has 2 aromatic rings. The van der Waals surface area contributed by atoms with Crippen LogP contribution in [-0.4, -0.2) is 17.7 Å². The molecule has 0 bridgehead atoms. The molecule has 0 spiro atoms. The highest BCUT2D eigenvalue weighted by Gasteiger charge is 2.05. The van der Waals surface area contributed by atoms with Gasteiger partial charge in [0.2, 0.25) is 5.91 Å². The van der Waals surface area contributed by atoms with E-state index in [4.69, 9.17) is 5.73 Å². The smallest absolute Gasteiger partial charge is 0.316 e. The van der Waals surface area contributed by atoms with Crippen LogP contribution >= 0.6 is 11.8 Å². The Bertz CT molecular complexity index is 671.